The van der Waals surface area contributed by atoms with Crippen LogP contribution in [0.25, 0.3) is 10.9 Å². The summed E-state index contributed by atoms with van der Waals surface area (Å²) in [5.41, 5.74) is 0.597. The van der Waals surface area contributed by atoms with Crippen molar-refractivity contribution in [2.45, 2.75) is 32.1 Å². The van der Waals surface area contributed by atoms with Crippen LogP contribution in [0, 0.1) is 11.7 Å². The van der Waals surface area contributed by atoms with Crippen LogP contribution in [0.1, 0.15) is 41.9 Å². The number of nitrogens with zero attached hydrogens (tertiary/aromatic N) is 3. The van der Waals surface area contributed by atoms with Crippen molar-refractivity contribution in [3.8, 4) is 5.88 Å². The lowest BCUT2D eigenvalue weighted by molar-refractivity contribution is -0.132. The molecule has 0 atom stereocenters. The largest absolute Gasteiger partial charge is 0.481 e. The highest BCUT2D eigenvalue weighted by Crippen LogP contribution is 2.23. The van der Waals surface area contributed by atoms with Gasteiger partial charge in [0.05, 0.1) is 18.0 Å². The first-order chi connectivity index (χ1) is 15.9. The molecule has 9 heteroatoms. The van der Waals surface area contributed by atoms with Crippen molar-refractivity contribution in [1.29, 1.82) is 0 Å². The highest BCUT2D eigenvalue weighted by molar-refractivity contribution is 5.97. The number of piperidine rings is 1. The van der Waals surface area contributed by atoms with E-state index in [0.29, 0.717) is 68.0 Å². The lowest BCUT2D eigenvalue weighted by Gasteiger charge is -2.31. The fourth-order valence-corrected chi connectivity index (χ4v) is 4.12. The van der Waals surface area contributed by atoms with Gasteiger partial charge in [-0.2, -0.15) is 0 Å². The molecule has 1 saturated heterocycles. The van der Waals surface area contributed by atoms with Gasteiger partial charge in [0.2, 0.25) is 11.8 Å². The summed E-state index contributed by atoms with van der Waals surface area (Å²) >= 11 is 0. The van der Waals surface area contributed by atoms with E-state index < -0.39 is 5.82 Å². The summed E-state index contributed by atoms with van der Waals surface area (Å²) < 4.78 is 18.3. The lowest BCUT2D eigenvalue weighted by atomic mass is 9.89. The number of ketones is 1. The number of aromatic amines is 1. The molecule has 2 aromatic heterocycles. The Labute approximate surface area is 189 Å². The first-order valence-corrected chi connectivity index (χ1v) is 10.9. The van der Waals surface area contributed by atoms with Crippen LogP contribution in [0.4, 0.5) is 4.39 Å². The molecule has 1 fully saturated rings. The Hall–Kier alpha value is -3.62. The third-order valence-electron chi connectivity index (χ3n) is 5.97. The molecule has 8 nitrogen and oxygen atoms in total. The molecule has 0 aliphatic carbocycles. The first-order valence-electron chi connectivity index (χ1n) is 10.9. The van der Waals surface area contributed by atoms with Gasteiger partial charge < -0.3 is 14.6 Å². The zero-order chi connectivity index (χ0) is 23.4. The van der Waals surface area contributed by atoms with Crippen LogP contribution in [0.5, 0.6) is 5.88 Å². The Balaban J connectivity index is 1.26. The summed E-state index contributed by atoms with van der Waals surface area (Å²) in [5, 5.41) is 0.206. The van der Waals surface area contributed by atoms with Crippen molar-refractivity contribution in [2.75, 3.05) is 20.2 Å². The Morgan fingerprint density at radius 1 is 1.21 bits per heavy atom. The minimum atomic E-state index is -0.487. The molecule has 172 valence electrons. The summed E-state index contributed by atoms with van der Waals surface area (Å²) in [6, 6.07) is 7.28. The van der Waals surface area contributed by atoms with Gasteiger partial charge in [0.1, 0.15) is 11.6 Å². The van der Waals surface area contributed by atoms with Crippen molar-refractivity contribution in [2.24, 2.45) is 5.92 Å². The number of carbonyl (C=O) groups is 2. The van der Waals surface area contributed by atoms with Gasteiger partial charge in [-0.1, -0.05) is 0 Å². The maximum Gasteiger partial charge on any atom is 0.258 e. The number of aromatic nitrogens is 3. The van der Waals surface area contributed by atoms with Crippen molar-refractivity contribution in [1.82, 2.24) is 19.9 Å². The van der Waals surface area contributed by atoms with Crippen molar-refractivity contribution in [3.63, 3.8) is 0 Å². The number of rotatable bonds is 7. The number of Topliss-reactive ketones (excluding diaryl/α,β-unsaturated/α-hetero) is 1. The van der Waals surface area contributed by atoms with Crippen LogP contribution >= 0.6 is 0 Å². The minimum absolute atomic E-state index is 0.0252. The van der Waals surface area contributed by atoms with Crippen LogP contribution in [0.3, 0.4) is 0 Å². The number of likely N-dealkylation sites (tertiary alicyclic amines) is 1. The van der Waals surface area contributed by atoms with Crippen LogP contribution in [0.15, 0.2) is 41.3 Å². The van der Waals surface area contributed by atoms with E-state index in [9.17, 15) is 18.8 Å². The van der Waals surface area contributed by atoms with E-state index in [1.807, 2.05) is 0 Å². The summed E-state index contributed by atoms with van der Waals surface area (Å²) in [7, 11) is 1.52. The second-order valence-corrected chi connectivity index (χ2v) is 8.14. The highest BCUT2D eigenvalue weighted by Gasteiger charge is 2.28. The van der Waals surface area contributed by atoms with E-state index in [4.69, 9.17) is 4.74 Å². The van der Waals surface area contributed by atoms with Gasteiger partial charge in [-0.25, -0.2) is 14.4 Å². The van der Waals surface area contributed by atoms with Gasteiger partial charge in [-0.05, 0) is 43.5 Å². The van der Waals surface area contributed by atoms with E-state index in [1.165, 1.54) is 25.4 Å². The predicted molar refractivity (Wildman–Crippen MR) is 120 cm³/mol. The van der Waals surface area contributed by atoms with Gasteiger partial charge in [-0.3, -0.25) is 14.4 Å². The zero-order valence-corrected chi connectivity index (χ0v) is 18.3. The Morgan fingerprint density at radius 3 is 2.70 bits per heavy atom. The Kier molecular flexibility index (Phi) is 6.76. The quantitative estimate of drug-likeness (QED) is 0.553. The normalized spacial score (nSPS) is 14.4. The molecular formula is C24H25FN4O4. The molecule has 0 bridgehead atoms. The van der Waals surface area contributed by atoms with Crippen LogP contribution in [0.2, 0.25) is 0 Å². The molecule has 0 spiro atoms. The fourth-order valence-electron chi connectivity index (χ4n) is 4.12. The van der Waals surface area contributed by atoms with E-state index in [2.05, 4.69) is 15.0 Å². The molecule has 1 aliphatic rings. The number of ether oxygens (including phenoxy) is 1. The molecule has 3 aromatic rings. The Bertz CT molecular complexity index is 1220. The average molecular weight is 452 g/mol. The van der Waals surface area contributed by atoms with Gasteiger partial charge in [0.25, 0.3) is 5.56 Å². The van der Waals surface area contributed by atoms with Crippen molar-refractivity contribution in [3.05, 3.63) is 64.1 Å². The third kappa shape index (κ3) is 5.24. The molecule has 1 aromatic carbocycles. The number of fused-ring (bicyclic) bond motifs is 1. The van der Waals surface area contributed by atoms with Gasteiger partial charge in [0, 0.05) is 49.7 Å². The van der Waals surface area contributed by atoms with Gasteiger partial charge in [0.15, 0.2) is 5.78 Å². The number of aryl methyl sites for hydroxylation is 1. The topological polar surface area (TPSA) is 105 Å². The molecule has 1 N–H and O–H groups in total. The fraction of sp³-hybridized carbons (Fsp3) is 0.375. The van der Waals surface area contributed by atoms with Crippen LogP contribution < -0.4 is 10.3 Å². The maximum absolute atomic E-state index is 13.3. The molecule has 33 heavy (non-hydrogen) atoms. The number of pyridine rings is 1. The minimum Gasteiger partial charge on any atom is -0.481 e. The third-order valence-corrected chi connectivity index (χ3v) is 5.97. The van der Waals surface area contributed by atoms with Crippen LogP contribution in [-0.4, -0.2) is 51.7 Å². The standard InChI is InChI=1S/C24H25FN4O4/c1-33-21-8-5-16(14-26-21)23(31)15-9-11-29(12-10-15)22(30)4-2-3-20-27-19-7-6-17(25)13-18(19)24(32)28-20/h5-8,13-15H,2-4,9-12H2,1H3,(H,27,28,32). The molecule has 3 heterocycles. The second-order valence-electron chi connectivity index (χ2n) is 8.14. The SMILES string of the molecule is COc1ccc(C(=O)C2CCN(C(=O)CCCc3nc4ccc(F)cc4c(=O)[nH]3)CC2)cn1. The van der Waals surface area contributed by atoms with Crippen LogP contribution in [-0.2, 0) is 11.2 Å². The number of benzene rings is 1. The number of carbonyl (C=O) groups excluding carboxylic acids is 2. The summed E-state index contributed by atoms with van der Waals surface area (Å²) in [4.78, 5) is 50.3. The van der Waals surface area contributed by atoms with Crippen molar-refractivity contribution < 1.29 is 18.7 Å². The number of hydrogen-bond acceptors (Lipinski definition) is 6. The van der Waals surface area contributed by atoms with E-state index >= 15 is 0 Å². The Morgan fingerprint density at radius 2 is 2.00 bits per heavy atom. The average Bonchev–Trinajstić information content (AvgIpc) is 2.84. The number of amides is 1. The monoisotopic (exact) mass is 452 g/mol. The van der Waals surface area contributed by atoms with E-state index in [0.717, 1.165) is 6.07 Å². The molecule has 4 rings (SSSR count). The zero-order valence-electron chi connectivity index (χ0n) is 18.3. The highest BCUT2D eigenvalue weighted by atomic mass is 19.1. The van der Waals surface area contributed by atoms with E-state index in [-0.39, 0.29) is 28.6 Å². The number of methoxy groups -OCH3 is 1. The molecule has 1 amide bonds. The summed E-state index contributed by atoms with van der Waals surface area (Å²) in [5.74, 6) is 0.397. The summed E-state index contributed by atoms with van der Waals surface area (Å²) in [6.45, 7) is 1.07. The number of hydrogen-bond donors (Lipinski definition) is 1. The molecular weight excluding hydrogens is 427 g/mol. The molecule has 0 unspecified atom stereocenters. The molecule has 1 aliphatic heterocycles. The lowest BCUT2D eigenvalue weighted by Crippen LogP contribution is -2.40. The summed E-state index contributed by atoms with van der Waals surface area (Å²) in [6.07, 6.45) is 4.06. The number of H-pyrrole nitrogens is 1. The number of halogens is 1. The van der Waals surface area contributed by atoms with E-state index in [1.54, 1.807) is 17.0 Å². The van der Waals surface area contributed by atoms with Gasteiger partial charge >= 0.3 is 0 Å². The van der Waals surface area contributed by atoms with Gasteiger partial charge in [-0.15, -0.1) is 0 Å². The predicted octanol–water partition coefficient (Wildman–Crippen LogP) is 2.91. The maximum atomic E-state index is 13.3. The first kappa shape index (κ1) is 22.6. The van der Waals surface area contributed by atoms with Crippen molar-refractivity contribution >= 4 is 22.6 Å². The molecule has 0 radical (unpaired) electrons. The number of nitrogens with one attached hydrogen (secondary N) is 1. The molecule has 0 saturated carbocycles. The second kappa shape index (κ2) is 9.89. The smallest absolute Gasteiger partial charge is 0.258 e.